The third-order valence-corrected chi connectivity index (χ3v) is 5.71. The van der Waals surface area contributed by atoms with Crippen molar-refractivity contribution >= 4 is 21.4 Å². The normalized spacial score (nSPS) is 16.4. The third kappa shape index (κ3) is 4.03. The van der Waals surface area contributed by atoms with Crippen LogP contribution in [0.5, 0.6) is 0 Å². The molecule has 102 valence electrons. The van der Waals surface area contributed by atoms with Crippen LogP contribution < -0.4 is 10.1 Å². The molecule has 0 bridgehead atoms. The molecule has 1 aliphatic carbocycles. The van der Waals surface area contributed by atoms with Crippen LogP contribution in [0.15, 0.2) is 16.3 Å². The summed E-state index contributed by atoms with van der Waals surface area (Å²) in [6.07, 6.45) is 3.44. The van der Waals surface area contributed by atoms with Crippen molar-refractivity contribution in [3.05, 3.63) is 17.0 Å². The molecule has 7 heteroatoms. The molecule has 0 radical (unpaired) electrons. The van der Waals surface area contributed by atoms with Crippen molar-refractivity contribution in [3.63, 3.8) is 0 Å². The Morgan fingerprint density at radius 2 is 2.11 bits per heavy atom. The molecule has 2 rings (SSSR count). The maximum absolute atomic E-state index is 11.9. The number of nitrogens with zero attached hydrogens (tertiary/aromatic N) is 1. The second-order valence-corrected chi connectivity index (χ2v) is 7.74. The van der Waals surface area contributed by atoms with E-state index in [2.05, 4.69) is 10.1 Å². The molecule has 1 aromatic heterocycles. The summed E-state index contributed by atoms with van der Waals surface area (Å²) in [6, 6.07) is 4.26. The average molecular weight is 289 g/mol. The van der Waals surface area contributed by atoms with E-state index in [0.29, 0.717) is 10.3 Å². The molecular formula is C11H19N3O2S2. The molecule has 18 heavy (non-hydrogen) atoms. The van der Waals surface area contributed by atoms with Crippen LogP contribution in [0.1, 0.15) is 17.7 Å². The molecule has 5 nitrogen and oxygen atoms in total. The van der Waals surface area contributed by atoms with E-state index < -0.39 is 10.0 Å². The summed E-state index contributed by atoms with van der Waals surface area (Å²) in [5.74, 6) is 0. The highest BCUT2D eigenvalue weighted by Gasteiger charge is 2.20. The lowest BCUT2D eigenvalue weighted by molar-refractivity contribution is 0.364. The van der Waals surface area contributed by atoms with Gasteiger partial charge in [0.05, 0.1) is 0 Å². The first-order valence-corrected chi connectivity index (χ1v) is 8.29. The van der Waals surface area contributed by atoms with Gasteiger partial charge in [-0.25, -0.2) is 13.4 Å². The molecule has 0 amide bonds. The lowest BCUT2D eigenvalue weighted by Gasteiger charge is -2.10. The zero-order valence-corrected chi connectivity index (χ0v) is 12.3. The van der Waals surface area contributed by atoms with E-state index >= 15 is 0 Å². The van der Waals surface area contributed by atoms with Gasteiger partial charge in [-0.05, 0) is 31.4 Å². The Balaban J connectivity index is 1.91. The summed E-state index contributed by atoms with van der Waals surface area (Å²) >= 11 is 1.34. The van der Waals surface area contributed by atoms with E-state index in [4.69, 9.17) is 0 Å². The summed E-state index contributed by atoms with van der Waals surface area (Å²) in [4.78, 5) is 3.53. The van der Waals surface area contributed by atoms with Gasteiger partial charge >= 0.3 is 0 Å². The number of nitrogens with one attached hydrogen (secondary N) is 2. The molecule has 1 aliphatic rings. The Morgan fingerprint density at radius 1 is 1.39 bits per heavy atom. The minimum Gasteiger partial charge on any atom is -0.314 e. The Hall–Kier alpha value is -0.470. The van der Waals surface area contributed by atoms with Crippen molar-refractivity contribution in [2.75, 3.05) is 20.6 Å². The van der Waals surface area contributed by atoms with Crippen LogP contribution in [0.25, 0.3) is 0 Å². The molecule has 1 heterocycles. The first kappa shape index (κ1) is 14.0. The predicted molar refractivity (Wildman–Crippen MR) is 73.1 cm³/mol. The molecular weight excluding hydrogens is 270 g/mol. The summed E-state index contributed by atoms with van der Waals surface area (Å²) in [6.45, 7) is 0.922. The molecule has 2 N–H and O–H groups in total. The Labute approximate surface area is 112 Å². The highest BCUT2D eigenvalue weighted by molar-refractivity contribution is 7.91. The van der Waals surface area contributed by atoms with E-state index in [-0.39, 0.29) is 0 Å². The minimum atomic E-state index is -3.39. The number of hydrogen-bond donors (Lipinski definition) is 2. The first-order valence-electron chi connectivity index (χ1n) is 5.99. The van der Waals surface area contributed by atoms with Crippen LogP contribution in [-0.4, -0.2) is 40.1 Å². The Morgan fingerprint density at radius 3 is 2.72 bits per heavy atom. The maximum Gasteiger partial charge on any atom is 0.262 e. The van der Waals surface area contributed by atoms with E-state index in [1.807, 2.05) is 6.07 Å². The fourth-order valence-corrected chi connectivity index (χ4v) is 4.03. The summed E-state index contributed by atoms with van der Waals surface area (Å²) in [5, 5.41) is 4.85. The van der Waals surface area contributed by atoms with Crippen LogP contribution in [0.2, 0.25) is 0 Å². The van der Waals surface area contributed by atoms with Crippen LogP contribution in [0.4, 0.5) is 0 Å². The smallest absolute Gasteiger partial charge is 0.262 e. The molecule has 0 aliphatic heterocycles. The van der Waals surface area contributed by atoms with Crippen molar-refractivity contribution in [2.24, 2.45) is 0 Å². The molecule has 0 saturated heterocycles. The zero-order chi connectivity index (χ0) is 13.2. The molecule has 0 spiro atoms. The van der Waals surface area contributed by atoms with Crippen molar-refractivity contribution < 1.29 is 8.42 Å². The van der Waals surface area contributed by atoms with Gasteiger partial charge in [0.15, 0.2) is 0 Å². The fourth-order valence-electron chi connectivity index (χ4n) is 1.61. The molecule has 1 fully saturated rings. The summed E-state index contributed by atoms with van der Waals surface area (Å²) in [5.41, 5.74) is 0. The zero-order valence-electron chi connectivity index (χ0n) is 10.6. The molecule has 1 aromatic rings. The summed E-state index contributed by atoms with van der Waals surface area (Å²) in [7, 11) is -0.0770. The molecule has 0 unspecified atom stereocenters. The third-order valence-electron chi connectivity index (χ3n) is 2.59. The van der Waals surface area contributed by atoms with Crippen LogP contribution >= 0.6 is 11.3 Å². The van der Waals surface area contributed by atoms with Gasteiger partial charge in [-0.3, -0.25) is 0 Å². The topological polar surface area (TPSA) is 61.4 Å². The van der Waals surface area contributed by atoms with Crippen LogP contribution in [0, 0.1) is 0 Å². The fraction of sp³-hybridized carbons (Fsp3) is 0.636. The minimum absolute atomic E-state index is 0.373. The second-order valence-electron chi connectivity index (χ2n) is 4.69. The van der Waals surface area contributed by atoms with E-state index in [1.54, 1.807) is 20.2 Å². The van der Waals surface area contributed by atoms with Crippen molar-refractivity contribution in [2.45, 2.75) is 29.5 Å². The predicted octanol–water partition coefficient (Wildman–Crippen LogP) is 0.797. The quantitative estimate of drug-likeness (QED) is 0.729. The maximum atomic E-state index is 11.9. The SMILES string of the molecule is CN(C)NS(=O)(=O)c1ccc(CCNC2CC2)s1. The molecule has 1 saturated carbocycles. The number of sulfonamides is 1. The lowest BCUT2D eigenvalue weighted by Crippen LogP contribution is -2.35. The first-order chi connectivity index (χ1) is 8.47. The monoisotopic (exact) mass is 289 g/mol. The number of rotatable bonds is 7. The van der Waals surface area contributed by atoms with E-state index in [9.17, 15) is 8.42 Å². The van der Waals surface area contributed by atoms with Crippen molar-refractivity contribution in [1.29, 1.82) is 0 Å². The van der Waals surface area contributed by atoms with Gasteiger partial charge in [0.25, 0.3) is 10.0 Å². The lowest BCUT2D eigenvalue weighted by atomic mass is 10.3. The summed E-state index contributed by atoms with van der Waals surface area (Å²) < 4.78 is 24.2. The highest BCUT2D eigenvalue weighted by atomic mass is 32.2. The number of thiophene rings is 1. The van der Waals surface area contributed by atoms with Gasteiger partial charge in [0, 0.05) is 31.6 Å². The van der Waals surface area contributed by atoms with Gasteiger partial charge < -0.3 is 5.32 Å². The Kier molecular flexibility index (Phi) is 4.39. The van der Waals surface area contributed by atoms with Crippen LogP contribution in [0.3, 0.4) is 0 Å². The van der Waals surface area contributed by atoms with E-state index in [1.165, 1.54) is 29.2 Å². The van der Waals surface area contributed by atoms with E-state index in [0.717, 1.165) is 17.8 Å². The van der Waals surface area contributed by atoms with Gasteiger partial charge in [0.1, 0.15) is 4.21 Å². The van der Waals surface area contributed by atoms with Crippen molar-refractivity contribution in [1.82, 2.24) is 15.2 Å². The largest absolute Gasteiger partial charge is 0.314 e. The standard InChI is InChI=1S/C11H19N3O2S2/c1-14(2)13-18(15,16)11-6-5-10(17-11)7-8-12-9-3-4-9/h5-6,9,12-13H,3-4,7-8H2,1-2H3. The van der Waals surface area contributed by atoms with Gasteiger partial charge in [0.2, 0.25) is 0 Å². The molecule has 0 aromatic carbocycles. The molecule has 0 atom stereocenters. The second kappa shape index (κ2) is 5.66. The highest BCUT2D eigenvalue weighted by Crippen LogP contribution is 2.22. The van der Waals surface area contributed by atoms with Gasteiger partial charge in [-0.2, -0.15) is 0 Å². The number of hydrogen-bond acceptors (Lipinski definition) is 5. The van der Waals surface area contributed by atoms with Gasteiger partial charge in [-0.1, -0.05) is 0 Å². The van der Waals surface area contributed by atoms with Crippen LogP contribution in [-0.2, 0) is 16.4 Å². The van der Waals surface area contributed by atoms with Crippen molar-refractivity contribution in [3.8, 4) is 0 Å². The Bertz CT molecular complexity index is 492. The average Bonchev–Trinajstić information content (AvgIpc) is 2.92. The number of hydrazine groups is 1. The van der Waals surface area contributed by atoms with Gasteiger partial charge in [-0.15, -0.1) is 16.2 Å².